The zero-order valence-electron chi connectivity index (χ0n) is 12.9. The van der Waals surface area contributed by atoms with Crippen molar-refractivity contribution in [2.75, 3.05) is 5.32 Å². The number of hydrogen-bond acceptors (Lipinski definition) is 3. The molecule has 1 fully saturated rings. The lowest BCUT2D eigenvalue weighted by atomic mass is 9.75. The fourth-order valence-electron chi connectivity index (χ4n) is 3.63. The summed E-state index contributed by atoms with van der Waals surface area (Å²) in [6, 6.07) is 3.52. The number of ether oxygens (including phenoxy) is 1. The number of hydrogen-bond donors (Lipinski definition) is 3. The van der Waals surface area contributed by atoms with Crippen LogP contribution in [0.15, 0.2) is 18.3 Å². The zero-order chi connectivity index (χ0) is 16.3. The van der Waals surface area contributed by atoms with Gasteiger partial charge in [0.15, 0.2) is 0 Å². The van der Waals surface area contributed by atoms with E-state index in [9.17, 15) is 4.39 Å². The molecule has 0 bridgehead atoms. The van der Waals surface area contributed by atoms with Gasteiger partial charge in [0.05, 0.1) is 39.5 Å². The highest BCUT2D eigenvalue weighted by Gasteiger charge is 2.42. The van der Waals surface area contributed by atoms with Gasteiger partial charge >= 0.3 is 0 Å². The second-order valence-corrected chi connectivity index (χ2v) is 7.06. The first-order chi connectivity index (χ1) is 11.6. The molecule has 3 aromatic rings. The average molecular weight is 347 g/mol. The molecule has 24 heavy (non-hydrogen) atoms. The van der Waals surface area contributed by atoms with Crippen LogP contribution in [0.2, 0.25) is 5.02 Å². The molecule has 2 aliphatic rings. The van der Waals surface area contributed by atoms with Gasteiger partial charge < -0.3 is 20.0 Å². The normalized spacial score (nSPS) is 18.6. The predicted molar refractivity (Wildman–Crippen MR) is 90.2 cm³/mol. The second kappa shape index (κ2) is 4.97. The Kier molecular flexibility index (Phi) is 2.96. The van der Waals surface area contributed by atoms with Gasteiger partial charge in [-0.15, -0.1) is 0 Å². The molecular formula is C17H16ClFN4O. The van der Waals surface area contributed by atoms with Gasteiger partial charge in [0.25, 0.3) is 0 Å². The van der Waals surface area contributed by atoms with Crippen LogP contribution >= 0.6 is 11.6 Å². The van der Waals surface area contributed by atoms with Crippen molar-refractivity contribution in [3.05, 3.63) is 40.6 Å². The molecule has 5 nitrogen and oxygen atoms in total. The summed E-state index contributed by atoms with van der Waals surface area (Å²) in [7, 11) is 0. The fourth-order valence-corrected chi connectivity index (χ4v) is 3.94. The summed E-state index contributed by atoms with van der Waals surface area (Å²) in [5.41, 5.74) is 3.51. The van der Waals surface area contributed by atoms with Crippen LogP contribution in [0, 0.1) is 5.82 Å². The summed E-state index contributed by atoms with van der Waals surface area (Å²) in [6.07, 6.45) is 5.64. The van der Waals surface area contributed by atoms with Crippen LogP contribution in [-0.2, 0) is 17.8 Å². The molecule has 0 unspecified atom stereocenters. The number of nitrogens with zero attached hydrogens (tertiary/aromatic N) is 1. The summed E-state index contributed by atoms with van der Waals surface area (Å²) in [6.45, 7) is 0.575. The quantitative estimate of drug-likeness (QED) is 0.643. The Morgan fingerprint density at radius 1 is 1.33 bits per heavy atom. The zero-order valence-corrected chi connectivity index (χ0v) is 13.6. The van der Waals surface area contributed by atoms with Crippen molar-refractivity contribution in [1.82, 2.24) is 15.0 Å². The molecule has 0 saturated heterocycles. The number of nitrogens with one attached hydrogen (secondary N) is 3. The molecule has 124 valence electrons. The number of benzene rings is 1. The lowest BCUT2D eigenvalue weighted by molar-refractivity contribution is -0.119. The number of imidazole rings is 1. The summed E-state index contributed by atoms with van der Waals surface area (Å²) in [5.74, 6) is 0.306. The summed E-state index contributed by atoms with van der Waals surface area (Å²) >= 11 is 6.19. The maximum atomic E-state index is 13.7. The van der Waals surface area contributed by atoms with Crippen LogP contribution in [0.5, 0.6) is 0 Å². The molecule has 5 rings (SSSR count). The molecule has 1 spiro atoms. The molecule has 3 N–H and O–H groups in total. The minimum absolute atomic E-state index is 0.0173. The van der Waals surface area contributed by atoms with Gasteiger partial charge in [0.2, 0.25) is 5.95 Å². The van der Waals surface area contributed by atoms with Gasteiger partial charge in [-0.25, -0.2) is 9.37 Å². The van der Waals surface area contributed by atoms with Crippen molar-refractivity contribution in [2.24, 2.45) is 0 Å². The molecule has 1 aliphatic heterocycles. The van der Waals surface area contributed by atoms with Gasteiger partial charge in [-0.05, 0) is 31.4 Å². The van der Waals surface area contributed by atoms with Crippen molar-refractivity contribution in [3.8, 4) is 0 Å². The molecule has 2 aromatic heterocycles. The molecule has 1 saturated carbocycles. The largest absolute Gasteiger partial charge is 0.368 e. The first-order valence-corrected chi connectivity index (χ1v) is 8.45. The predicted octanol–water partition coefficient (Wildman–Crippen LogP) is 4.42. The third-order valence-electron chi connectivity index (χ3n) is 5.09. The molecule has 0 atom stereocenters. The van der Waals surface area contributed by atoms with Crippen molar-refractivity contribution in [2.45, 2.75) is 37.9 Å². The third kappa shape index (κ3) is 2.13. The van der Waals surface area contributed by atoms with E-state index in [1.807, 2.05) is 6.07 Å². The lowest BCUT2D eigenvalue weighted by Gasteiger charge is -2.43. The average Bonchev–Trinajstić information content (AvgIpc) is 3.08. The van der Waals surface area contributed by atoms with E-state index >= 15 is 0 Å². The smallest absolute Gasteiger partial charge is 0.205 e. The standard InChI is InChI=1S/C17H16ClFN4O/c18-10-4-9(5-12-15(10)11(19)7-20-12)21-16-22-13-6-17(2-1-3-17)24-8-14(13)23-16/h4-5,7,20H,1-3,6,8H2,(H2,21,22,23). The summed E-state index contributed by atoms with van der Waals surface area (Å²) in [5, 5.41) is 3.98. The van der Waals surface area contributed by atoms with E-state index in [1.54, 1.807) is 6.07 Å². The highest BCUT2D eigenvalue weighted by atomic mass is 35.5. The Morgan fingerprint density at radius 3 is 3.00 bits per heavy atom. The van der Waals surface area contributed by atoms with Crippen LogP contribution in [0.4, 0.5) is 16.0 Å². The van der Waals surface area contributed by atoms with Crippen LogP contribution in [0.25, 0.3) is 10.9 Å². The highest BCUT2D eigenvalue weighted by molar-refractivity contribution is 6.35. The summed E-state index contributed by atoms with van der Waals surface area (Å²) in [4.78, 5) is 10.8. The Hall–Kier alpha value is -2.05. The number of anilines is 2. The maximum Gasteiger partial charge on any atom is 0.205 e. The van der Waals surface area contributed by atoms with E-state index in [-0.39, 0.29) is 11.4 Å². The minimum atomic E-state index is -0.349. The first-order valence-electron chi connectivity index (χ1n) is 8.07. The van der Waals surface area contributed by atoms with Gasteiger partial charge in [-0.3, -0.25) is 0 Å². The molecule has 1 aliphatic carbocycles. The van der Waals surface area contributed by atoms with E-state index in [2.05, 4.69) is 20.3 Å². The number of rotatable bonds is 2. The van der Waals surface area contributed by atoms with E-state index < -0.39 is 0 Å². The van der Waals surface area contributed by atoms with E-state index in [0.717, 1.165) is 36.3 Å². The molecule has 3 heterocycles. The van der Waals surface area contributed by atoms with Gasteiger partial charge in [0.1, 0.15) is 5.82 Å². The number of aromatic amines is 2. The fraction of sp³-hybridized carbons (Fsp3) is 0.353. The molecule has 7 heteroatoms. The van der Waals surface area contributed by atoms with Crippen LogP contribution in [-0.4, -0.2) is 20.6 Å². The third-order valence-corrected chi connectivity index (χ3v) is 5.39. The van der Waals surface area contributed by atoms with Gasteiger partial charge in [-0.2, -0.15) is 0 Å². The van der Waals surface area contributed by atoms with Crippen molar-refractivity contribution >= 4 is 34.1 Å². The SMILES string of the molecule is Fc1c[nH]c2cc(Nc3nc4c([nH]3)COC3(CCC3)C4)cc(Cl)c12. The van der Waals surface area contributed by atoms with Crippen molar-refractivity contribution in [3.63, 3.8) is 0 Å². The van der Waals surface area contributed by atoms with Gasteiger partial charge in [-0.1, -0.05) is 11.6 Å². The van der Waals surface area contributed by atoms with E-state index in [4.69, 9.17) is 16.3 Å². The number of halogens is 2. The molecular weight excluding hydrogens is 331 g/mol. The summed E-state index contributed by atoms with van der Waals surface area (Å²) < 4.78 is 19.7. The molecule has 0 amide bonds. The monoisotopic (exact) mass is 346 g/mol. The Bertz CT molecular complexity index is 944. The topological polar surface area (TPSA) is 65.7 Å². The van der Waals surface area contributed by atoms with E-state index in [0.29, 0.717) is 28.5 Å². The minimum Gasteiger partial charge on any atom is -0.368 e. The van der Waals surface area contributed by atoms with E-state index in [1.165, 1.54) is 12.6 Å². The molecule has 0 radical (unpaired) electrons. The first kappa shape index (κ1) is 14.3. The van der Waals surface area contributed by atoms with Crippen LogP contribution in [0.3, 0.4) is 0 Å². The molecule has 1 aromatic carbocycles. The van der Waals surface area contributed by atoms with Crippen molar-refractivity contribution < 1.29 is 9.13 Å². The number of aromatic nitrogens is 3. The Morgan fingerprint density at radius 2 is 2.21 bits per heavy atom. The number of H-pyrrole nitrogens is 2. The second-order valence-electron chi connectivity index (χ2n) is 6.65. The Labute approximate surface area is 142 Å². The van der Waals surface area contributed by atoms with Gasteiger partial charge in [0, 0.05) is 18.3 Å². The Balaban J connectivity index is 1.44. The highest BCUT2D eigenvalue weighted by Crippen LogP contribution is 2.42. The van der Waals surface area contributed by atoms with Crippen LogP contribution < -0.4 is 5.32 Å². The van der Waals surface area contributed by atoms with Crippen molar-refractivity contribution in [1.29, 1.82) is 0 Å². The number of fused-ring (bicyclic) bond motifs is 2. The maximum absolute atomic E-state index is 13.7. The lowest BCUT2D eigenvalue weighted by Crippen LogP contribution is -2.44. The van der Waals surface area contributed by atoms with Crippen LogP contribution in [0.1, 0.15) is 30.7 Å².